The van der Waals surface area contributed by atoms with Gasteiger partial charge in [0, 0.05) is 45.2 Å². The Bertz CT molecular complexity index is 1310. The van der Waals surface area contributed by atoms with E-state index in [9.17, 15) is 4.79 Å². The Kier molecular flexibility index (Phi) is 4.39. The minimum Gasteiger partial charge on any atom is -0.384 e. The van der Waals surface area contributed by atoms with Gasteiger partial charge in [0.25, 0.3) is 0 Å². The molecule has 0 aliphatic carbocycles. The fourth-order valence-electron chi connectivity index (χ4n) is 4.69. The summed E-state index contributed by atoms with van der Waals surface area (Å²) in [6.45, 7) is 4.82. The fourth-order valence-corrected chi connectivity index (χ4v) is 4.69. The molecule has 1 aliphatic rings. The highest BCUT2D eigenvalue weighted by Crippen LogP contribution is 2.28. The number of fused-ring (bicyclic) bond motifs is 2. The Morgan fingerprint density at radius 3 is 2.77 bits per heavy atom. The molecular formula is C22H27N7O. The fraction of sp³-hybridized carbons (Fsp3) is 0.409. The van der Waals surface area contributed by atoms with Gasteiger partial charge >= 0.3 is 5.69 Å². The van der Waals surface area contributed by atoms with Crippen LogP contribution in [0.5, 0.6) is 0 Å². The number of likely N-dealkylation sites (tertiary alicyclic amines) is 1. The van der Waals surface area contributed by atoms with E-state index in [0.29, 0.717) is 11.7 Å². The maximum absolute atomic E-state index is 12.2. The molecule has 0 saturated carbocycles. The van der Waals surface area contributed by atoms with E-state index < -0.39 is 0 Å². The Morgan fingerprint density at radius 1 is 1.13 bits per heavy atom. The summed E-state index contributed by atoms with van der Waals surface area (Å²) in [5.74, 6) is 0.988. The predicted molar refractivity (Wildman–Crippen MR) is 118 cm³/mol. The molecule has 1 atom stereocenters. The zero-order valence-electron chi connectivity index (χ0n) is 17.7. The highest BCUT2D eigenvalue weighted by atomic mass is 16.1. The van der Waals surface area contributed by atoms with Crippen molar-refractivity contribution in [2.75, 3.05) is 18.8 Å². The molecular weight excluding hydrogens is 378 g/mol. The predicted octanol–water partition coefficient (Wildman–Crippen LogP) is 2.19. The SMILES string of the molecule is Cc1cc2nc([C@@H]3CCCN(Cc4ccc5c(c4)n(C)c(=O)n5C)C3)cc(N)n2n1. The first kappa shape index (κ1) is 18.9. The molecule has 2 N–H and O–H groups in total. The lowest BCUT2D eigenvalue weighted by Gasteiger charge is -2.32. The lowest BCUT2D eigenvalue weighted by atomic mass is 9.94. The van der Waals surface area contributed by atoms with Gasteiger partial charge in [0.15, 0.2) is 5.65 Å². The summed E-state index contributed by atoms with van der Waals surface area (Å²) < 4.78 is 5.12. The van der Waals surface area contributed by atoms with Crippen molar-refractivity contribution in [1.29, 1.82) is 0 Å². The highest BCUT2D eigenvalue weighted by Gasteiger charge is 2.24. The van der Waals surface area contributed by atoms with Gasteiger partial charge in [-0.2, -0.15) is 9.61 Å². The van der Waals surface area contributed by atoms with E-state index in [2.05, 4.69) is 22.1 Å². The van der Waals surface area contributed by atoms with Crippen LogP contribution >= 0.6 is 0 Å². The van der Waals surface area contributed by atoms with E-state index in [1.807, 2.05) is 39.2 Å². The Morgan fingerprint density at radius 2 is 1.93 bits per heavy atom. The Balaban J connectivity index is 1.39. The molecule has 1 saturated heterocycles. The number of rotatable bonds is 3. The third kappa shape index (κ3) is 3.08. The third-order valence-electron chi connectivity index (χ3n) is 6.26. The van der Waals surface area contributed by atoms with Crippen molar-refractivity contribution in [2.24, 2.45) is 14.1 Å². The molecule has 0 radical (unpaired) electrons. The number of hydrogen-bond donors (Lipinski definition) is 1. The van der Waals surface area contributed by atoms with Gasteiger partial charge in [-0.15, -0.1) is 0 Å². The Labute approximate surface area is 174 Å². The maximum Gasteiger partial charge on any atom is 0.328 e. The largest absolute Gasteiger partial charge is 0.384 e. The smallest absolute Gasteiger partial charge is 0.328 e. The first-order chi connectivity index (χ1) is 14.4. The summed E-state index contributed by atoms with van der Waals surface area (Å²) in [6, 6.07) is 10.3. The molecule has 0 unspecified atom stereocenters. The number of aromatic nitrogens is 5. The van der Waals surface area contributed by atoms with Gasteiger partial charge in [0.05, 0.1) is 22.4 Å². The van der Waals surface area contributed by atoms with Crippen molar-refractivity contribution in [3.8, 4) is 0 Å². The lowest BCUT2D eigenvalue weighted by molar-refractivity contribution is 0.198. The molecule has 5 rings (SSSR count). The first-order valence-electron chi connectivity index (χ1n) is 10.4. The van der Waals surface area contributed by atoms with E-state index in [1.165, 1.54) is 5.56 Å². The number of imidazole rings is 1. The number of aryl methyl sites for hydroxylation is 3. The van der Waals surface area contributed by atoms with Crippen LogP contribution in [-0.4, -0.2) is 41.7 Å². The second kappa shape index (κ2) is 6.98. The van der Waals surface area contributed by atoms with Crippen LogP contribution in [0, 0.1) is 6.92 Å². The van der Waals surface area contributed by atoms with Gasteiger partial charge in [-0.05, 0) is 44.0 Å². The van der Waals surface area contributed by atoms with E-state index in [0.717, 1.165) is 60.5 Å². The van der Waals surface area contributed by atoms with Crippen LogP contribution in [0.1, 0.15) is 35.7 Å². The average molecular weight is 406 g/mol. The standard InChI is InChI=1S/C22H27N7O/c1-14-9-21-24-17(11-20(23)29(21)25-14)16-5-4-8-28(13-16)12-15-6-7-18-19(10-15)27(3)22(30)26(18)2/h6-7,9-11,16H,4-5,8,12-13,23H2,1-3H3/t16-/m1/s1. The second-order valence-corrected chi connectivity index (χ2v) is 8.46. The van der Waals surface area contributed by atoms with E-state index in [4.69, 9.17) is 10.7 Å². The monoisotopic (exact) mass is 405 g/mol. The molecule has 30 heavy (non-hydrogen) atoms. The van der Waals surface area contributed by atoms with Crippen LogP contribution in [0.25, 0.3) is 16.7 Å². The second-order valence-electron chi connectivity index (χ2n) is 8.46. The van der Waals surface area contributed by atoms with Gasteiger partial charge in [-0.1, -0.05) is 6.07 Å². The highest BCUT2D eigenvalue weighted by molar-refractivity contribution is 5.76. The number of hydrogen-bond acceptors (Lipinski definition) is 5. The normalized spacial score (nSPS) is 17.9. The molecule has 4 heterocycles. The van der Waals surface area contributed by atoms with Crippen molar-refractivity contribution in [3.63, 3.8) is 0 Å². The summed E-state index contributed by atoms with van der Waals surface area (Å²) in [5, 5.41) is 4.40. The molecule has 0 spiro atoms. The van der Waals surface area contributed by atoms with Crippen molar-refractivity contribution in [3.05, 3.63) is 57.8 Å². The molecule has 156 valence electrons. The number of piperidine rings is 1. The minimum absolute atomic E-state index is 0.00866. The number of benzene rings is 1. The molecule has 0 bridgehead atoms. The zero-order chi connectivity index (χ0) is 21.0. The topological polar surface area (TPSA) is 86.4 Å². The van der Waals surface area contributed by atoms with Gasteiger partial charge in [-0.25, -0.2) is 9.78 Å². The van der Waals surface area contributed by atoms with Crippen molar-refractivity contribution < 1.29 is 0 Å². The summed E-state index contributed by atoms with van der Waals surface area (Å²) in [6.07, 6.45) is 2.24. The van der Waals surface area contributed by atoms with Gasteiger partial charge in [0.2, 0.25) is 0 Å². The van der Waals surface area contributed by atoms with E-state index in [-0.39, 0.29) is 5.69 Å². The molecule has 8 heteroatoms. The molecule has 1 aliphatic heterocycles. The number of nitrogens with zero attached hydrogens (tertiary/aromatic N) is 6. The molecule has 8 nitrogen and oxygen atoms in total. The maximum atomic E-state index is 12.2. The van der Waals surface area contributed by atoms with Crippen LogP contribution in [-0.2, 0) is 20.6 Å². The molecule has 1 fully saturated rings. The van der Waals surface area contributed by atoms with E-state index >= 15 is 0 Å². The molecule has 3 aromatic heterocycles. The Hall–Kier alpha value is -3.13. The average Bonchev–Trinajstić information content (AvgIpc) is 3.21. The summed E-state index contributed by atoms with van der Waals surface area (Å²) in [4.78, 5) is 19.5. The quantitative estimate of drug-likeness (QED) is 0.565. The summed E-state index contributed by atoms with van der Waals surface area (Å²) in [7, 11) is 3.65. The minimum atomic E-state index is 0.00866. The van der Waals surface area contributed by atoms with Crippen LogP contribution in [0.15, 0.2) is 35.1 Å². The molecule has 0 amide bonds. The molecule has 4 aromatic rings. The number of nitrogens with two attached hydrogens (primary N) is 1. The van der Waals surface area contributed by atoms with Crippen LogP contribution < -0.4 is 11.4 Å². The van der Waals surface area contributed by atoms with Crippen molar-refractivity contribution >= 4 is 22.5 Å². The lowest BCUT2D eigenvalue weighted by Crippen LogP contribution is -2.34. The van der Waals surface area contributed by atoms with Crippen molar-refractivity contribution in [2.45, 2.75) is 32.2 Å². The van der Waals surface area contributed by atoms with Gasteiger partial charge in [0.1, 0.15) is 5.82 Å². The van der Waals surface area contributed by atoms with Crippen molar-refractivity contribution in [1.82, 2.24) is 28.6 Å². The van der Waals surface area contributed by atoms with E-state index in [1.54, 1.807) is 13.6 Å². The van der Waals surface area contributed by atoms with Crippen LogP contribution in [0.2, 0.25) is 0 Å². The zero-order valence-corrected chi connectivity index (χ0v) is 17.7. The number of anilines is 1. The van der Waals surface area contributed by atoms with Gasteiger partial charge < -0.3 is 5.73 Å². The number of nitrogen functional groups attached to an aromatic ring is 1. The summed E-state index contributed by atoms with van der Waals surface area (Å²) >= 11 is 0. The molecule has 1 aromatic carbocycles. The van der Waals surface area contributed by atoms with Gasteiger partial charge in [-0.3, -0.25) is 14.0 Å². The summed E-state index contributed by atoms with van der Waals surface area (Å²) in [5.41, 5.74) is 12.2. The van der Waals surface area contributed by atoms with Crippen LogP contribution in [0.3, 0.4) is 0 Å². The van der Waals surface area contributed by atoms with Crippen LogP contribution in [0.4, 0.5) is 5.82 Å². The third-order valence-corrected chi connectivity index (χ3v) is 6.26. The first-order valence-corrected chi connectivity index (χ1v) is 10.4.